The number of ether oxygens (including phenoxy) is 2. The quantitative estimate of drug-likeness (QED) is 0.718. The Morgan fingerprint density at radius 1 is 1.31 bits per heavy atom. The highest BCUT2D eigenvalue weighted by molar-refractivity contribution is 5.89. The van der Waals surface area contributed by atoms with Crippen LogP contribution in [0.2, 0.25) is 0 Å². The van der Waals surface area contributed by atoms with Crippen LogP contribution in [0.25, 0.3) is 0 Å². The molecule has 0 fully saturated rings. The van der Waals surface area contributed by atoms with Crippen molar-refractivity contribution >= 4 is 5.97 Å². The number of rotatable bonds is 5. The van der Waals surface area contributed by atoms with Gasteiger partial charge in [0.25, 0.3) is 0 Å². The second kappa shape index (κ2) is 6.28. The van der Waals surface area contributed by atoms with Gasteiger partial charge in [0.05, 0.1) is 18.8 Å². The third kappa shape index (κ3) is 3.35. The number of carbonyl (C=O) groups is 1. The van der Waals surface area contributed by atoms with Crippen molar-refractivity contribution in [1.29, 1.82) is 0 Å². The van der Waals surface area contributed by atoms with Crippen molar-refractivity contribution in [2.24, 2.45) is 0 Å². The van der Waals surface area contributed by atoms with Crippen molar-refractivity contribution in [3.63, 3.8) is 0 Å². The molecular weight excluding hydrogens is 204 g/mol. The van der Waals surface area contributed by atoms with Crippen LogP contribution in [0.1, 0.15) is 42.3 Å². The molecule has 0 heterocycles. The van der Waals surface area contributed by atoms with Gasteiger partial charge in [-0.1, -0.05) is 19.1 Å². The molecule has 0 spiro atoms. The monoisotopic (exact) mass is 222 g/mol. The minimum absolute atomic E-state index is 0.0617. The Labute approximate surface area is 96.4 Å². The Morgan fingerprint density at radius 2 is 1.94 bits per heavy atom. The molecule has 3 heteroatoms. The first-order valence-corrected chi connectivity index (χ1v) is 5.49. The number of hydrogen-bond donors (Lipinski definition) is 0. The summed E-state index contributed by atoms with van der Waals surface area (Å²) in [4.78, 5) is 11.2. The van der Waals surface area contributed by atoms with Gasteiger partial charge in [-0.2, -0.15) is 0 Å². The van der Waals surface area contributed by atoms with E-state index in [1.807, 2.05) is 19.1 Å². The van der Waals surface area contributed by atoms with Crippen LogP contribution in [0.3, 0.4) is 0 Å². The standard InChI is InChI=1S/C13H18O3/c1-4-9-16-10(2)11-5-7-12(8-6-11)13(14)15-3/h5-8,10H,4,9H2,1-3H3. The van der Waals surface area contributed by atoms with Crippen LogP contribution in [-0.2, 0) is 9.47 Å². The Balaban J connectivity index is 2.67. The third-order valence-electron chi connectivity index (χ3n) is 2.37. The lowest BCUT2D eigenvalue weighted by atomic mass is 10.1. The molecule has 1 aromatic carbocycles. The second-order valence-electron chi connectivity index (χ2n) is 3.63. The summed E-state index contributed by atoms with van der Waals surface area (Å²) in [5.74, 6) is -0.311. The molecule has 0 aliphatic rings. The molecule has 0 saturated carbocycles. The van der Waals surface area contributed by atoms with Crippen molar-refractivity contribution in [1.82, 2.24) is 0 Å². The molecular formula is C13H18O3. The van der Waals surface area contributed by atoms with Crippen molar-refractivity contribution in [3.8, 4) is 0 Å². The molecule has 0 saturated heterocycles. The second-order valence-corrected chi connectivity index (χ2v) is 3.63. The highest BCUT2D eigenvalue weighted by Gasteiger charge is 2.08. The van der Waals surface area contributed by atoms with E-state index in [9.17, 15) is 4.79 Å². The van der Waals surface area contributed by atoms with Crippen molar-refractivity contribution in [2.45, 2.75) is 26.4 Å². The first kappa shape index (κ1) is 12.7. The SMILES string of the molecule is CCCOC(C)c1ccc(C(=O)OC)cc1. The minimum Gasteiger partial charge on any atom is -0.465 e. The zero-order chi connectivity index (χ0) is 12.0. The maximum absolute atomic E-state index is 11.2. The van der Waals surface area contributed by atoms with E-state index < -0.39 is 0 Å². The first-order valence-electron chi connectivity index (χ1n) is 5.49. The van der Waals surface area contributed by atoms with Gasteiger partial charge in [0.2, 0.25) is 0 Å². The van der Waals surface area contributed by atoms with Crippen LogP contribution < -0.4 is 0 Å². The van der Waals surface area contributed by atoms with E-state index in [0.717, 1.165) is 18.6 Å². The number of esters is 1. The lowest BCUT2D eigenvalue weighted by Crippen LogP contribution is -2.03. The summed E-state index contributed by atoms with van der Waals surface area (Å²) in [5, 5.41) is 0. The fourth-order valence-electron chi connectivity index (χ4n) is 1.40. The zero-order valence-corrected chi connectivity index (χ0v) is 10.0. The summed E-state index contributed by atoms with van der Waals surface area (Å²) >= 11 is 0. The summed E-state index contributed by atoms with van der Waals surface area (Å²) < 4.78 is 10.2. The van der Waals surface area contributed by atoms with Gasteiger partial charge >= 0.3 is 5.97 Å². The molecule has 0 amide bonds. The number of methoxy groups -OCH3 is 1. The van der Waals surface area contributed by atoms with E-state index in [2.05, 4.69) is 11.7 Å². The van der Waals surface area contributed by atoms with Crippen LogP contribution in [0.5, 0.6) is 0 Å². The van der Waals surface area contributed by atoms with Crippen molar-refractivity contribution in [2.75, 3.05) is 13.7 Å². The van der Waals surface area contributed by atoms with Crippen molar-refractivity contribution in [3.05, 3.63) is 35.4 Å². The van der Waals surface area contributed by atoms with Gasteiger partial charge in [-0.25, -0.2) is 4.79 Å². The Bertz CT molecular complexity index is 330. The van der Waals surface area contributed by atoms with Crippen LogP contribution in [0, 0.1) is 0 Å². The molecule has 1 atom stereocenters. The summed E-state index contributed by atoms with van der Waals surface area (Å²) in [5.41, 5.74) is 1.63. The lowest BCUT2D eigenvalue weighted by molar-refractivity contribution is 0.0598. The number of benzene rings is 1. The average molecular weight is 222 g/mol. The maximum Gasteiger partial charge on any atom is 0.337 e. The predicted molar refractivity (Wildman–Crippen MR) is 62.4 cm³/mol. The summed E-state index contributed by atoms with van der Waals surface area (Å²) in [7, 11) is 1.38. The van der Waals surface area contributed by atoms with Crippen LogP contribution in [0.15, 0.2) is 24.3 Å². The van der Waals surface area contributed by atoms with E-state index in [4.69, 9.17) is 4.74 Å². The zero-order valence-electron chi connectivity index (χ0n) is 10.0. The van der Waals surface area contributed by atoms with Gasteiger partial charge in [-0.05, 0) is 31.0 Å². The van der Waals surface area contributed by atoms with E-state index in [0.29, 0.717) is 5.56 Å². The Morgan fingerprint density at radius 3 is 2.44 bits per heavy atom. The van der Waals surface area contributed by atoms with Crippen LogP contribution >= 0.6 is 0 Å². The van der Waals surface area contributed by atoms with Gasteiger partial charge in [0.15, 0.2) is 0 Å². The average Bonchev–Trinajstić information content (AvgIpc) is 2.35. The normalized spacial score (nSPS) is 12.2. The van der Waals surface area contributed by atoms with Crippen LogP contribution in [0.4, 0.5) is 0 Å². The summed E-state index contributed by atoms with van der Waals surface area (Å²) in [6.45, 7) is 4.83. The van der Waals surface area contributed by atoms with E-state index in [1.165, 1.54) is 7.11 Å². The fraction of sp³-hybridized carbons (Fsp3) is 0.462. The molecule has 0 aliphatic heterocycles. The lowest BCUT2D eigenvalue weighted by Gasteiger charge is -2.12. The highest BCUT2D eigenvalue weighted by Crippen LogP contribution is 2.17. The Kier molecular flexibility index (Phi) is 4.99. The molecule has 16 heavy (non-hydrogen) atoms. The van der Waals surface area contributed by atoms with Crippen LogP contribution in [-0.4, -0.2) is 19.7 Å². The van der Waals surface area contributed by atoms with Gasteiger partial charge in [0, 0.05) is 6.61 Å². The van der Waals surface area contributed by atoms with E-state index in [-0.39, 0.29) is 12.1 Å². The molecule has 0 N–H and O–H groups in total. The topological polar surface area (TPSA) is 35.5 Å². The number of carbonyl (C=O) groups excluding carboxylic acids is 1. The molecule has 3 nitrogen and oxygen atoms in total. The maximum atomic E-state index is 11.2. The molecule has 1 unspecified atom stereocenters. The predicted octanol–water partition coefficient (Wildman–Crippen LogP) is 2.96. The molecule has 0 aliphatic carbocycles. The third-order valence-corrected chi connectivity index (χ3v) is 2.37. The fourth-order valence-corrected chi connectivity index (χ4v) is 1.40. The number of hydrogen-bond acceptors (Lipinski definition) is 3. The van der Waals surface area contributed by atoms with Crippen molar-refractivity contribution < 1.29 is 14.3 Å². The first-order chi connectivity index (χ1) is 7.69. The Hall–Kier alpha value is -1.35. The van der Waals surface area contributed by atoms with Gasteiger partial charge in [-0.3, -0.25) is 0 Å². The van der Waals surface area contributed by atoms with Gasteiger partial charge in [0.1, 0.15) is 0 Å². The van der Waals surface area contributed by atoms with Gasteiger partial charge in [-0.15, -0.1) is 0 Å². The highest BCUT2D eigenvalue weighted by atomic mass is 16.5. The minimum atomic E-state index is -0.311. The largest absolute Gasteiger partial charge is 0.465 e. The smallest absolute Gasteiger partial charge is 0.337 e. The van der Waals surface area contributed by atoms with E-state index in [1.54, 1.807) is 12.1 Å². The van der Waals surface area contributed by atoms with Gasteiger partial charge < -0.3 is 9.47 Å². The molecule has 0 radical (unpaired) electrons. The molecule has 88 valence electrons. The van der Waals surface area contributed by atoms with E-state index >= 15 is 0 Å². The summed E-state index contributed by atoms with van der Waals surface area (Å²) in [6.07, 6.45) is 1.07. The molecule has 1 aromatic rings. The summed E-state index contributed by atoms with van der Waals surface area (Å²) in [6, 6.07) is 7.30. The molecule has 1 rings (SSSR count). The molecule has 0 bridgehead atoms. The molecule has 0 aromatic heterocycles.